The summed E-state index contributed by atoms with van der Waals surface area (Å²) in [6, 6.07) is 10.8. The molecule has 1 amide bonds. The van der Waals surface area contributed by atoms with Crippen LogP contribution in [-0.2, 0) is 21.4 Å². The molecule has 34 heavy (non-hydrogen) atoms. The van der Waals surface area contributed by atoms with Crippen LogP contribution in [0.2, 0.25) is 5.02 Å². The molecule has 0 fully saturated rings. The van der Waals surface area contributed by atoms with Crippen molar-refractivity contribution in [1.82, 2.24) is 9.88 Å². The fraction of sp³-hybridized carbons (Fsp3) is 0.238. The summed E-state index contributed by atoms with van der Waals surface area (Å²) in [5.41, 5.74) is 1.09. The van der Waals surface area contributed by atoms with E-state index in [4.69, 9.17) is 11.6 Å². The molecule has 0 spiro atoms. The number of amides is 1. The third-order valence-electron chi connectivity index (χ3n) is 4.42. The van der Waals surface area contributed by atoms with Gasteiger partial charge in [-0.05, 0) is 60.5 Å². The second-order valence-corrected chi connectivity index (χ2v) is 9.86. The number of alkyl halides is 3. The summed E-state index contributed by atoms with van der Waals surface area (Å²) in [5, 5.41) is 4.70. The predicted molar refractivity (Wildman–Crippen MR) is 122 cm³/mol. The zero-order chi connectivity index (χ0) is 24.9. The van der Waals surface area contributed by atoms with E-state index in [9.17, 15) is 26.4 Å². The van der Waals surface area contributed by atoms with Crippen molar-refractivity contribution in [2.45, 2.75) is 31.1 Å². The van der Waals surface area contributed by atoms with Crippen LogP contribution in [-0.4, -0.2) is 31.8 Å². The average Bonchev–Trinajstić information content (AvgIpc) is 3.12. The van der Waals surface area contributed by atoms with Crippen LogP contribution < -0.4 is 14.9 Å². The van der Waals surface area contributed by atoms with Crippen molar-refractivity contribution in [3.63, 3.8) is 0 Å². The topological polar surface area (TPSA) is 89.8 Å². The SMILES string of the molecule is CC(=O)NCCCn1c(-c2ccc(OC(F)(F)F)cc2)csc1=NS(=O)(=O)c1ccc(Cl)cc1. The highest BCUT2D eigenvalue weighted by Crippen LogP contribution is 2.27. The van der Waals surface area contributed by atoms with Gasteiger partial charge in [0.15, 0.2) is 0 Å². The molecule has 0 saturated heterocycles. The lowest BCUT2D eigenvalue weighted by atomic mass is 10.1. The highest BCUT2D eigenvalue weighted by atomic mass is 35.5. The second kappa shape index (κ2) is 10.6. The highest BCUT2D eigenvalue weighted by molar-refractivity contribution is 7.90. The Morgan fingerprint density at radius 1 is 1.15 bits per heavy atom. The maximum atomic E-state index is 12.8. The van der Waals surface area contributed by atoms with Gasteiger partial charge in [0.05, 0.1) is 10.6 Å². The minimum atomic E-state index is -4.81. The van der Waals surface area contributed by atoms with Crippen LogP contribution in [0, 0.1) is 0 Å². The van der Waals surface area contributed by atoms with E-state index in [0.29, 0.717) is 35.8 Å². The van der Waals surface area contributed by atoms with Crippen molar-refractivity contribution in [1.29, 1.82) is 0 Å². The van der Waals surface area contributed by atoms with E-state index >= 15 is 0 Å². The van der Waals surface area contributed by atoms with Crippen LogP contribution in [0.15, 0.2) is 63.2 Å². The van der Waals surface area contributed by atoms with E-state index < -0.39 is 16.4 Å². The van der Waals surface area contributed by atoms with Crippen molar-refractivity contribution in [3.05, 3.63) is 63.7 Å². The van der Waals surface area contributed by atoms with Crippen LogP contribution in [0.1, 0.15) is 13.3 Å². The van der Waals surface area contributed by atoms with E-state index in [-0.39, 0.29) is 21.4 Å². The summed E-state index contributed by atoms with van der Waals surface area (Å²) in [6.45, 7) is 2.03. The van der Waals surface area contributed by atoms with Crippen LogP contribution in [0.5, 0.6) is 5.75 Å². The Hall–Kier alpha value is -2.83. The Morgan fingerprint density at radius 3 is 2.38 bits per heavy atom. The first-order valence-corrected chi connectivity index (χ1v) is 12.5. The smallest absolute Gasteiger partial charge is 0.406 e. The van der Waals surface area contributed by atoms with Crippen molar-refractivity contribution in [3.8, 4) is 17.0 Å². The molecule has 1 heterocycles. The Balaban J connectivity index is 1.99. The van der Waals surface area contributed by atoms with Crippen molar-refractivity contribution >= 4 is 38.9 Å². The quantitative estimate of drug-likeness (QED) is 0.429. The van der Waals surface area contributed by atoms with Gasteiger partial charge in [0, 0.05) is 30.4 Å². The number of thiazole rings is 1. The van der Waals surface area contributed by atoms with Gasteiger partial charge in [-0.1, -0.05) is 11.6 Å². The Bertz CT molecular complexity index is 1320. The molecule has 3 aromatic rings. The lowest BCUT2D eigenvalue weighted by Gasteiger charge is -2.11. The molecule has 1 aromatic heterocycles. The largest absolute Gasteiger partial charge is 0.573 e. The number of ether oxygens (including phenoxy) is 1. The monoisotopic (exact) mass is 533 g/mol. The van der Waals surface area contributed by atoms with Gasteiger partial charge in [0.1, 0.15) is 5.75 Å². The van der Waals surface area contributed by atoms with Gasteiger partial charge in [-0.15, -0.1) is 28.9 Å². The molecular formula is C21H19ClF3N3O4S2. The van der Waals surface area contributed by atoms with Gasteiger partial charge < -0.3 is 14.6 Å². The van der Waals surface area contributed by atoms with Crippen LogP contribution in [0.3, 0.4) is 0 Å². The molecule has 0 aliphatic heterocycles. The third-order valence-corrected chi connectivity index (χ3v) is 6.94. The van der Waals surface area contributed by atoms with E-state index in [0.717, 1.165) is 11.3 Å². The van der Waals surface area contributed by atoms with Crippen LogP contribution in [0.25, 0.3) is 11.3 Å². The number of aromatic nitrogens is 1. The molecule has 3 rings (SSSR count). The number of nitrogens with zero attached hydrogens (tertiary/aromatic N) is 2. The summed E-state index contributed by atoms with van der Waals surface area (Å²) in [4.78, 5) is 11.3. The normalized spacial score (nSPS) is 12.6. The summed E-state index contributed by atoms with van der Waals surface area (Å²) in [6.07, 6.45) is -4.34. The van der Waals surface area contributed by atoms with E-state index in [1.165, 1.54) is 55.5 Å². The number of halogens is 4. The molecule has 13 heteroatoms. The zero-order valence-corrected chi connectivity index (χ0v) is 20.1. The van der Waals surface area contributed by atoms with Crippen molar-refractivity contribution in [2.75, 3.05) is 6.54 Å². The van der Waals surface area contributed by atoms with Gasteiger partial charge in [0.2, 0.25) is 10.7 Å². The number of carbonyl (C=O) groups is 1. The molecule has 0 atom stereocenters. The molecule has 0 radical (unpaired) electrons. The van der Waals surface area contributed by atoms with Crippen LogP contribution in [0.4, 0.5) is 13.2 Å². The predicted octanol–water partition coefficient (Wildman–Crippen LogP) is 4.58. The molecule has 0 saturated carbocycles. The van der Waals surface area contributed by atoms with Gasteiger partial charge in [-0.2, -0.15) is 8.42 Å². The summed E-state index contributed by atoms with van der Waals surface area (Å²) >= 11 is 6.90. The molecule has 182 valence electrons. The number of carbonyl (C=O) groups excluding carboxylic acids is 1. The third kappa shape index (κ3) is 7.08. The van der Waals surface area contributed by atoms with Gasteiger partial charge in [0.25, 0.3) is 10.0 Å². The first kappa shape index (κ1) is 25.8. The first-order chi connectivity index (χ1) is 15.9. The lowest BCUT2D eigenvalue weighted by Crippen LogP contribution is -2.24. The van der Waals surface area contributed by atoms with E-state index in [1.807, 2.05) is 0 Å². The molecule has 0 aliphatic rings. The lowest BCUT2D eigenvalue weighted by molar-refractivity contribution is -0.274. The minimum Gasteiger partial charge on any atom is -0.406 e. The van der Waals surface area contributed by atoms with Crippen LogP contribution >= 0.6 is 22.9 Å². The molecule has 0 bridgehead atoms. The maximum absolute atomic E-state index is 12.8. The summed E-state index contributed by atoms with van der Waals surface area (Å²) in [7, 11) is -4.05. The maximum Gasteiger partial charge on any atom is 0.573 e. The number of benzene rings is 2. The van der Waals surface area contributed by atoms with E-state index in [2.05, 4.69) is 14.5 Å². The fourth-order valence-electron chi connectivity index (χ4n) is 2.94. The molecule has 1 N–H and O–H groups in total. The zero-order valence-electron chi connectivity index (χ0n) is 17.7. The van der Waals surface area contributed by atoms with Gasteiger partial charge in [-0.3, -0.25) is 4.79 Å². The summed E-state index contributed by atoms with van der Waals surface area (Å²) in [5.74, 6) is -0.579. The first-order valence-electron chi connectivity index (χ1n) is 9.80. The number of sulfonamides is 1. The Morgan fingerprint density at radius 2 is 1.79 bits per heavy atom. The molecule has 2 aromatic carbocycles. The van der Waals surface area contributed by atoms with Gasteiger partial charge in [-0.25, -0.2) is 0 Å². The van der Waals surface area contributed by atoms with E-state index in [1.54, 1.807) is 9.95 Å². The van der Waals surface area contributed by atoms with Gasteiger partial charge >= 0.3 is 6.36 Å². The minimum absolute atomic E-state index is 0.0368. The Labute approximate surface area is 202 Å². The number of nitrogens with one attached hydrogen (secondary N) is 1. The van der Waals surface area contributed by atoms with Crippen molar-refractivity contribution in [2.24, 2.45) is 4.40 Å². The second-order valence-electron chi connectivity index (χ2n) is 6.98. The standard InChI is InChI=1S/C21H19ClF3N3O4S2/c1-14(29)26-11-2-12-28-19(15-3-7-17(8-4-15)32-21(23,24)25)13-33-20(28)27-34(30,31)18-9-5-16(22)6-10-18/h3-10,13H,2,11-12H2,1H3,(H,26,29). The molecule has 7 nitrogen and oxygen atoms in total. The number of hydrogen-bond donors (Lipinski definition) is 1. The Kier molecular flexibility index (Phi) is 8.05. The molecule has 0 aliphatic carbocycles. The molecule has 0 unspecified atom stereocenters. The fourth-order valence-corrected chi connectivity index (χ4v) is 5.22. The summed E-state index contributed by atoms with van der Waals surface area (Å²) < 4.78 is 72.5. The average molecular weight is 534 g/mol. The number of hydrogen-bond acceptors (Lipinski definition) is 5. The van der Waals surface area contributed by atoms with Crippen molar-refractivity contribution < 1.29 is 31.1 Å². The number of rotatable bonds is 8. The molecular weight excluding hydrogens is 515 g/mol. The highest BCUT2D eigenvalue weighted by Gasteiger charge is 2.31.